The van der Waals surface area contributed by atoms with Crippen LogP contribution in [0, 0.1) is 5.92 Å². The molecular formula is C12H27N3O. The van der Waals surface area contributed by atoms with Crippen LogP contribution in [-0.2, 0) is 4.79 Å². The van der Waals surface area contributed by atoms with Gasteiger partial charge in [-0.2, -0.15) is 0 Å². The first kappa shape index (κ1) is 15.4. The van der Waals surface area contributed by atoms with E-state index in [-0.39, 0.29) is 17.9 Å². The van der Waals surface area contributed by atoms with E-state index in [1.165, 1.54) is 0 Å². The Hall–Kier alpha value is -0.610. The Morgan fingerprint density at radius 2 is 1.94 bits per heavy atom. The average molecular weight is 229 g/mol. The summed E-state index contributed by atoms with van der Waals surface area (Å²) in [5, 5.41) is 2.88. The lowest BCUT2D eigenvalue weighted by Gasteiger charge is -2.21. The van der Waals surface area contributed by atoms with E-state index >= 15 is 0 Å². The fraction of sp³-hybridized carbons (Fsp3) is 0.917. The quantitative estimate of drug-likeness (QED) is 0.648. The molecule has 0 heterocycles. The Morgan fingerprint density at radius 3 is 2.38 bits per heavy atom. The minimum absolute atomic E-state index is 0.0393. The molecule has 16 heavy (non-hydrogen) atoms. The lowest BCUT2D eigenvalue weighted by atomic mass is 10.1. The lowest BCUT2D eigenvalue weighted by molar-refractivity contribution is -0.123. The van der Waals surface area contributed by atoms with E-state index in [1.807, 2.05) is 13.8 Å². The summed E-state index contributed by atoms with van der Waals surface area (Å²) in [5.74, 6) is 0.153. The Kier molecular flexibility index (Phi) is 8.21. The summed E-state index contributed by atoms with van der Waals surface area (Å²) >= 11 is 0. The number of likely N-dealkylation sites (N-methyl/N-ethyl adjacent to an activating group) is 1. The molecule has 0 aromatic heterocycles. The molecule has 0 rings (SSSR count). The second kappa shape index (κ2) is 8.53. The standard InChI is InChI=1S/C12H27N3O/c1-5-8-15(6-2)9-7-14-12(16)11(13)10(3)4/h10-11H,5-9,13H2,1-4H3,(H,14,16). The third-order valence-electron chi connectivity index (χ3n) is 2.74. The van der Waals surface area contributed by atoms with Crippen LogP contribution in [0.2, 0.25) is 0 Å². The van der Waals surface area contributed by atoms with Gasteiger partial charge in [-0.05, 0) is 25.4 Å². The number of nitrogens with zero attached hydrogens (tertiary/aromatic N) is 1. The topological polar surface area (TPSA) is 58.4 Å². The lowest BCUT2D eigenvalue weighted by Crippen LogP contribution is -2.46. The van der Waals surface area contributed by atoms with Gasteiger partial charge in [0.2, 0.25) is 5.91 Å². The first-order chi connectivity index (χ1) is 7.52. The summed E-state index contributed by atoms with van der Waals surface area (Å²) in [6.07, 6.45) is 1.15. The zero-order valence-electron chi connectivity index (χ0n) is 11.1. The van der Waals surface area contributed by atoms with Gasteiger partial charge in [-0.25, -0.2) is 0 Å². The van der Waals surface area contributed by atoms with Gasteiger partial charge < -0.3 is 16.0 Å². The van der Waals surface area contributed by atoms with Crippen LogP contribution in [0.5, 0.6) is 0 Å². The number of rotatable bonds is 8. The van der Waals surface area contributed by atoms with Crippen molar-refractivity contribution in [2.24, 2.45) is 11.7 Å². The van der Waals surface area contributed by atoms with Crippen LogP contribution >= 0.6 is 0 Å². The summed E-state index contributed by atoms with van der Waals surface area (Å²) < 4.78 is 0. The van der Waals surface area contributed by atoms with Crippen molar-refractivity contribution in [2.75, 3.05) is 26.2 Å². The Labute approximate surface area is 99.6 Å². The molecular weight excluding hydrogens is 202 g/mol. The van der Waals surface area contributed by atoms with Crippen molar-refractivity contribution < 1.29 is 4.79 Å². The van der Waals surface area contributed by atoms with Crippen LogP contribution < -0.4 is 11.1 Å². The van der Waals surface area contributed by atoms with Gasteiger partial charge in [0.1, 0.15) is 0 Å². The maximum atomic E-state index is 11.6. The molecule has 96 valence electrons. The third kappa shape index (κ3) is 6.08. The molecule has 1 atom stereocenters. The largest absolute Gasteiger partial charge is 0.353 e. The van der Waals surface area contributed by atoms with E-state index < -0.39 is 0 Å². The Bertz CT molecular complexity index is 195. The molecule has 0 aromatic rings. The van der Waals surface area contributed by atoms with Gasteiger partial charge >= 0.3 is 0 Å². The molecule has 3 N–H and O–H groups in total. The summed E-state index contributed by atoms with van der Waals surface area (Å²) in [7, 11) is 0. The molecule has 0 spiro atoms. The van der Waals surface area contributed by atoms with Crippen LogP contribution in [0.15, 0.2) is 0 Å². The van der Waals surface area contributed by atoms with E-state index in [2.05, 4.69) is 24.1 Å². The van der Waals surface area contributed by atoms with E-state index in [9.17, 15) is 4.79 Å². The molecule has 4 nitrogen and oxygen atoms in total. The molecule has 0 bridgehead atoms. The van der Waals surface area contributed by atoms with Crippen molar-refractivity contribution in [3.63, 3.8) is 0 Å². The molecule has 0 saturated carbocycles. The first-order valence-corrected chi connectivity index (χ1v) is 6.28. The van der Waals surface area contributed by atoms with Crippen LogP contribution in [0.3, 0.4) is 0 Å². The van der Waals surface area contributed by atoms with Gasteiger partial charge in [-0.3, -0.25) is 4.79 Å². The SMILES string of the molecule is CCCN(CC)CCNC(=O)C(N)C(C)C. The minimum Gasteiger partial charge on any atom is -0.353 e. The highest BCUT2D eigenvalue weighted by molar-refractivity contribution is 5.81. The fourth-order valence-electron chi connectivity index (χ4n) is 1.50. The highest BCUT2D eigenvalue weighted by Gasteiger charge is 2.16. The Balaban J connectivity index is 3.75. The molecule has 0 aliphatic carbocycles. The van der Waals surface area contributed by atoms with Gasteiger partial charge in [-0.1, -0.05) is 27.7 Å². The van der Waals surface area contributed by atoms with Crippen molar-refractivity contribution >= 4 is 5.91 Å². The van der Waals surface area contributed by atoms with Crippen LogP contribution in [0.25, 0.3) is 0 Å². The molecule has 1 amide bonds. The van der Waals surface area contributed by atoms with Crippen molar-refractivity contribution in [3.05, 3.63) is 0 Å². The molecule has 0 fully saturated rings. The molecule has 0 aromatic carbocycles. The zero-order chi connectivity index (χ0) is 12.6. The summed E-state index contributed by atoms with van der Waals surface area (Å²) in [4.78, 5) is 13.9. The van der Waals surface area contributed by atoms with E-state index in [1.54, 1.807) is 0 Å². The average Bonchev–Trinajstić information content (AvgIpc) is 2.26. The maximum Gasteiger partial charge on any atom is 0.237 e. The van der Waals surface area contributed by atoms with Crippen molar-refractivity contribution in [1.82, 2.24) is 10.2 Å². The highest BCUT2D eigenvalue weighted by Crippen LogP contribution is 1.97. The Morgan fingerprint density at radius 1 is 1.31 bits per heavy atom. The molecule has 0 aliphatic heterocycles. The van der Waals surface area contributed by atoms with Crippen LogP contribution in [0.4, 0.5) is 0 Å². The number of amides is 1. The minimum atomic E-state index is -0.388. The summed E-state index contributed by atoms with van der Waals surface area (Å²) in [6.45, 7) is 11.9. The van der Waals surface area contributed by atoms with Gasteiger partial charge in [-0.15, -0.1) is 0 Å². The molecule has 0 radical (unpaired) electrons. The van der Waals surface area contributed by atoms with Gasteiger partial charge in [0.05, 0.1) is 6.04 Å². The second-order valence-electron chi connectivity index (χ2n) is 4.50. The summed E-state index contributed by atoms with van der Waals surface area (Å²) in [5.41, 5.74) is 5.74. The smallest absolute Gasteiger partial charge is 0.237 e. The van der Waals surface area contributed by atoms with Crippen molar-refractivity contribution in [2.45, 2.75) is 40.2 Å². The summed E-state index contributed by atoms with van der Waals surface area (Å²) in [6, 6.07) is -0.388. The van der Waals surface area contributed by atoms with Gasteiger partial charge in [0, 0.05) is 13.1 Å². The third-order valence-corrected chi connectivity index (χ3v) is 2.74. The monoisotopic (exact) mass is 229 g/mol. The number of hydrogen-bond acceptors (Lipinski definition) is 3. The predicted octanol–water partition coefficient (Wildman–Crippen LogP) is 0.818. The van der Waals surface area contributed by atoms with E-state index in [4.69, 9.17) is 5.73 Å². The predicted molar refractivity (Wildman–Crippen MR) is 68.2 cm³/mol. The first-order valence-electron chi connectivity index (χ1n) is 6.28. The van der Waals surface area contributed by atoms with Gasteiger partial charge in [0.15, 0.2) is 0 Å². The van der Waals surface area contributed by atoms with Crippen molar-refractivity contribution in [3.8, 4) is 0 Å². The van der Waals surface area contributed by atoms with E-state index in [0.717, 1.165) is 26.1 Å². The van der Waals surface area contributed by atoms with Crippen molar-refractivity contribution in [1.29, 1.82) is 0 Å². The van der Waals surface area contributed by atoms with Crippen LogP contribution in [-0.4, -0.2) is 43.0 Å². The molecule has 4 heteroatoms. The number of nitrogens with two attached hydrogens (primary N) is 1. The second-order valence-corrected chi connectivity index (χ2v) is 4.50. The highest BCUT2D eigenvalue weighted by atomic mass is 16.2. The number of carbonyl (C=O) groups excluding carboxylic acids is 1. The normalized spacial score (nSPS) is 13.2. The number of carbonyl (C=O) groups is 1. The molecule has 0 saturated heterocycles. The fourth-order valence-corrected chi connectivity index (χ4v) is 1.50. The number of nitrogens with one attached hydrogen (secondary N) is 1. The number of hydrogen-bond donors (Lipinski definition) is 2. The zero-order valence-corrected chi connectivity index (χ0v) is 11.1. The van der Waals surface area contributed by atoms with E-state index in [0.29, 0.717) is 6.54 Å². The maximum absolute atomic E-state index is 11.6. The molecule has 1 unspecified atom stereocenters. The van der Waals surface area contributed by atoms with Crippen LogP contribution in [0.1, 0.15) is 34.1 Å². The molecule has 0 aliphatic rings. The van der Waals surface area contributed by atoms with Gasteiger partial charge in [0.25, 0.3) is 0 Å².